The molecule has 1 nitrogen and oxygen atoms in total. The summed E-state index contributed by atoms with van der Waals surface area (Å²) in [4.78, 5) is 0. The molecular weight excluding hydrogens is 272 g/mol. The number of rotatable bonds is 7. The molecule has 1 fully saturated rings. The Morgan fingerprint density at radius 3 is 1.57 bits per heavy atom. The molecule has 21 heavy (non-hydrogen) atoms. The Bertz CT molecular complexity index is 232. The monoisotopic (exact) mass is 312 g/mol. The summed E-state index contributed by atoms with van der Waals surface area (Å²) in [7, 11) is -1.25. The molecule has 1 rings (SSSR count). The molecule has 0 amide bonds. The van der Waals surface area contributed by atoms with Crippen molar-refractivity contribution in [2.24, 2.45) is 5.92 Å². The summed E-state index contributed by atoms with van der Waals surface area (Å²) in [5, 5.41) is 0. The summed E-state index contributed by atoms with van der Waals surface area (Å²) in [6.07, 6.45) is 13.0. The second-order valence-electron chi connectivity index (χ2n) is 7.11. The molecule has 0 saturated heterocycles. The summed E-state index contributed by atoms with van der Waals surface area (Å²) >= 11 is 0. The zero-order valence-corrected chi connectivity index (χ0v) is 16.3. The van der Waals surface area contributed by atoms with Gasteiger partial charge in [-0.1, -0.05) is 83.8 Å². The summed E-state index contributed by atoms with van der Waals surface area (Å²) in [5.41, 5.74) is 0.627. The van der Waals surface area contributed by atoms with Crippen molar-refractivity contribution in [3.8, 4) is 0 Å². The lowest BCUT2D eigenvalue weighted by Gasteiger charge is -2.42. The minimum absolute atomic E-state index is 0.627. The van der Waals surface area contributed by atoms with Gasteiger partial charge in [0.25, 0.3) is 0 Å². The number of ether oxygens (including phenoxy) is 1. The highest BCUT2D eigenvalue weighted by Crippen LogP contribution is 2.36. The van der Waals surface area contributed by atoms with E-state index in [1.54, 1.807) is 0 Å². The van der Waals surface area contributed by atoms with Gasteiger partial charge in [0, 0.05) is 6.61 Å². The molecule has 0 N–H and O–H groups in total. The molecule has 1 aliphatic rings. The van der Waals surface area contributed by atoms with Crippen LogP contribution in [0.1, 0.15) is 85.5 Å². The Balaban J connectivity index is 2.82. The fourth-order valence-corrected chi connectivity index (χ4v) is 9.05. The van der Waals surface area contributed by atoms with Crippen LogP contribution in [-0.2, 0) is 4.74 Å². The molecule has 0 aromatic rings. The molecule has 1 saturated carbocycles. The van der Waals surface area contributed by atoms with Gasteiger partial charge >= 0.3 is 0 Å². The highest BCUT2D eigenvalue weighted by Gasteiger charge is 2.41. The van der Waals surface area contributed by atoms with Gasteiger partial charge in [-0.15, -0.1) is 0 Å². The molecule has 0 aromatic heterocycles. The van der Waals surface area contributed by atoms with E-state index in [9.17, 15) is 0 Å². The maximum atomic E-state index is 6.45. The molecular formula is C19H40OSi. The van der Waals surface area contributed by atoms with E-state index in [1.807, 2.05) is 0 Å². The first kappa shape index (κ1) is 19.2. The van der Waals surface area contributed by atoms with Crippen LogP contribution in [0.5, 0.6) is 0 Å². The summed E-state index contributed by atoms with van der Waals surface area (Å²) < 4.78 is 6.45. The number of hydrogen-bond acceptors (Lipinski definition) is 1. The molecule has 0 aliphatic heterocycles. The van der Waals surface area contributed by atoms with Crippen LogP contribution in [0.3, 0.4) is 0 Å². The van der Waals surface area contributed by atoms with E-state index < -0.39 is 8.07 Å². The van der Waals surface area contributed by atoms with Crippen molar-refractivity contribution < 1.29 is 4.74 Å². The Kier molecular flexibility index (Phi) is 9.91. The fourth-order valence-electron chi connectivity index (χ4n) is 4.49. The van der Waals surface area contributed by atoms with Crippen molar-refractivity contribution >= 4 is 8.07 Å². The average molecular weight is 313 g/mol. The zero-order valence-electron chi connectivity index (χ0n) is 15.3. The van der Waals surface area contributed by atoms with Crippen molar-refractivity contribution in [1.29, 1.82) is 0 Å². The molecule has 1 aliphatic carbocycles. The first-order valence-corrected chi connectivity index (χ1v) is 12.6. The van der Waals surface area contributed by atoms with Gasteiger partial charge in [-0.05, 0) is 25.7 Å². The lowest BCUT2D eigenvalue weighted by molar-refractivity contribution is 0.0582. The Labute approximate surface area is 135 Å². The predicted octanol–water partition coefficient (Wildman–Crippen LogP) is 6.58. The minimum atomic E-state index is -1.25. The standard InChI is InChI=1S/C19H40OSi/c1-5-20-19(21(6-2,7-3)8-4)18-16-14-12-10-9-11-13-15-17-18/h18-19H,5-17H2,1-4H3. The molecule has 0 radical (unpaired) electrons. The van der Waals surface area contributed by atoms with Crippen LogP contribution < -0.4 is 0 Å². The molecule has 126 valence electrons. The van der Waals surface area contributed by atoms with E-state index in [-0.39, 0.29) is 0 Å². The van der Waals surface area contributed by atoms with Gasteiger partial charge < -0.3 is 4.74 Å². The van der Waals surface area contributed by atoms with Gasteiger partial charge in [-0.25, -0.2) is 0 Å². The molecule has 0 bridgehead atoms. The van der Waals surface area contributed by atoms with Gasteiger partial charge in [0.2, 0.25) is 0 Å². The van der Waals surface area contributed by atoms with Crippen LogP contribution >= 0.6 is 0 Å². The molecule has 2 heteroatoms. The molecule has 0 aromatic carbocycles. The van der Waals surface area contributed by atoms with E-state index >= 15 is 0 Å². The second-order valence-corrected chi connectivity index (χ2v) is 12.5. The first-order chi connectivity index (χ1) is 10.2. The third kappa shape index (κ3) is 5.71. The quantitative estimate of drug-likeness (QED) is 0.482. The smallest absolute Gasteiger partial charge is 0.0872 e. The van der Waals surface area contributed by atoms with Gasteiger partial charge in [-0.2, -0.15) is 0 Å². The fraction of sp³-hybridized carbons (Fsp3) is 1.00. The summed E-state index contributed by atoms with van der Waals surface area (Å²) in [5.74, 6) is 0.856. The Hall–Kier alpha value is 0.177. The van der Waals surface area contributed by atoms with Crippen LogP contribution in [-0.4, -0.2) is 20.4 Å². The van der Waals surface area contributed by atoms with Gasteiger partial charge in [0.1, 0.15) is 0 Å². The largest absolute Gasteiger partial charge is 0.382 e. The van der Waals surface area contributed by atoms with Crippen LogP contribution in [0, 0.1) is 5.92 Å². The first-order valence-electron chi connectivity index (χ1n) is 9.85. The highest BCUT2D eigenvalue weighted by molar-refractivity contribution is 6.80. The average Bonchev–Trinajstić information content (AvgIpc) is 2.53. The van der Waals surface area contributed by atoms with E-state index in [4.69, 9.17) is 4.74 Å². The molecule has 1 unspecified atom stereocenters. The van der Waals surface area contributed by atoms with Crippen LogP contribution in [0.2, 0.25) is 18.1 Å². The topological polar surface area (TPSA) is 9.23 Å². The Morgan fingerprint density at radius 2 is 1.19 bits per heavy atom. The van der Waals surface area contributed by atoms with Crippen molar-refractivity contribution in [3.05, 3.63) is 0 Å². The normalized spacial score (nSPS) is 21.1. The van der Waals surface area contributed by atoms with Crippen LogP contribution in [0.4, 0.5) is 0 Å². The lowest BCUT2D eigenvalue weighted by atomic mass is 9.92. The predicted molar refractivity (Wildman–Crippen MR) is 97.7 cm³/mol. The van der Waals surface area contributed by atoms with Crippen molar-refractivity contribution in [2.75, 3.05) is 6.61 Å². The minimum Gasteiger partial charge on any atom is -0.382 e. The molecule has 0 spiro atoms. The van der Waals surface area contributed by atoms with Crippen LogP contribution in [0.25, 0.3) is 0 Å². The van der Waals surface area contributed by atoms with E-state index in [1.165, 1.54) is 75.9 Å². The third-order valence-electron chi connectivity index (χ3n) is 6.14. The van der Waals surface area contributed by atoms with Crippen molar-refractivity contribution in [2.45, 2.75) is 109 Å². The van der Waals surface area contributed by atoms with E-state index in [0.29, 0.717) is 5.73 Å². The SMILES string of the molecule is CCOC(C1CCCCCCCCC1)[Si](CC)(CC)CC. The maximum Gasteiger partial charge on any atom is 0.0872 e. The van der Waals surface area contributed by atoms with Crippen molar-refractivity contribution in [3.63, 3.8) is 0 Å². The highest BCUT2D eigenvalue weighted by atomic mass is 28.3. The van der Waals surface area contributed by atoms with Crippen LogP contribution in [0.15, 0.2) is 0 Å². The van der Waals surface area contributed by atoms with Gasteiger partial charge in [0.15, 0.2) is 0 Å². The zero-order chi connectivity index (χ0) is 15.6. The Morgan fingerprint density at radius 1 is 0.762 bits per heavy atom. The van der Waals surface area contributed by atoms with Gasteiger partial charge in [0.05, 0.1) is 13.8 Å². The third-order valence-corrected chi connectivity index (χ3v) is 12.2. The van der Waals surface area contributed by atoms with Crippen molar-refractivity contribution in [1.82, 2.24) is 0 Å². The lowest BCUT2D eigenvalue weighted by Crippen LogP contribution is -2.51. The maximum absolute atomic E-state index is 6.45. The van der Waals surface area contributed by atoms with E-state index in [2.05, 4.69) is 27.7 Å². The van der Waals surface area contributed by atoms with Gasteiger partial charge in [-0.3, -0.25) is 0 Å². The second kappa shape index (κ2) is 10.8. The van der Waals surface area contributed by atoms with E-state index in [0.717, 1.165) is 12.5 Å². The summed E-state index contributed by atoms with van der Waals surface area (Å²) in [6.45, 7) is 10.4. The summed E-state index contributed by atoms with van der Waals surface area (Å²) in [6, 6.07) is 4.21. The molecule has 1 atom stereocenters. The molecule has 0 heterocycles. The number of hydrogen-bond donors (Lipinski definition) is 0.